The Bertz CT molecular complexity index is 366. The highest BCUT2D eigenvalue weighted by Crippen LogP contribution is 2.09. The Labute approximate surface area is 79.2 Å². The predicted octanol–water partition coefficient (Wildman–Crippen LogP) is 0.674. The third-order valence-electron chi connectivity index (χ3n) is 1.53. The van der Waals surface area contributed by atoms with Crippen LogP contribution in [0.1, 0.15) is 10.0 Å². The molecule has 0 spiro atoms. The quantitative estimate of drug-likeness (QED) is 0.764. The summed E-state index contributed by atoms with van der Waals surface area (Å²) in [5.74, 6) is 0.529. The van der Waals surface area contributed by atoms with Gasteiger partial charge in [-0.2, -0.15) is 5.10 Å². The minimum Gasteiger partial charge on any atom is -0.382 e. The Morgan fingerprint density at radius 1 is 1.54 bits per heavy atom. The average molecular weight is 195 g/mol. The second kappa shape index (κ2) is 3.14. The number of aryl methyl sites for hydroxylation is 1. The highest BCUT2D eigenvalue weighted by molar-refractivity contribution is 7.11. The first-order valence-corrected chi connectivity index (χ1v) is 4.63. The van der Waals surface area contributed by atoms with Gasteiger partial charge in [-0.05, 0) is 13.0 Å². The molecule has 0 bridgehead atoms. The van der Waals surface area contributed by atoms with Crippen LogP contribution in [-0.4, -0.2) is 20.0 Å². The summed E-state index contributed by atoms with van der Waals surface area (Å²) in [7, 11) is 0. The van der Waals surface area contributed by atoms with E-state index in [1.807, 2.05) is 13.1 Å². The third-order valence-corrected chi connectivity index (χ3v) is 2.35. The minimum atomic E-state index is 0.529. The van der Waals surface area contributed by atoms with E-state index in [0.29, 0.717) is 12.4 Å². The van der Waals surface area contributed by atoms with Crippen LogP contribution in [0.3, 0.4) is 0 Å². The number of aromatic nitrogens is 4. The fraction of sp³-hybridized carbons (Fsp3) is 0.286. The lowest BCUT2D eigenvalue weighted by atomic mass is 10.6. The van der Waals surface area contributed by atoms with Crippen molar-refractivity contribution in [3.05, 3.63) is 22.3 Å². The third kappa shape index (κ3) is 1.83. The zero-order valence-corrected chi connectivity index (χ0v) is 7.95. The van der Waals surface area contributed by atoms with Crippen LogP contribution in [0.5, 0.6) is 0 Å². The zero-order chi connectivity index (χ0) is 9.26. The molecule has 0 aliphatic heterocycles. The van der Waals surface area contributed by atoms with Crippen molar-refractivity contribution >= 4 is 17.2 Å². The van der Waals surface area contributed by atoms with Crippen molar-refractivity contribution in [1.82, 2.24) is 20.0 Å². The molecule has 2 aromatic rings. The second-order valence-corrected chi connectivity index (χ2v) is 3.92. The van der Waals surface area contributed by atoms with Gasteiger partial charge in [0.05, 0.1) is 6.54 Å². The monoisotopic (exact) mass is 195 g/mol. The van der Waals surface area contributed by atoms with Crippen LogP contribution < -0.4 is 5.73 Å². The number of hydrogen-bond donors (Lipinski definition) is 1. The van der Waals surface area contributed by atoms with Gasteiger partial charge >= 0.3 is 0 Å². The summed E-state index contributed by atoms with van der Waals surface area (Å²) in [4.78, 5) is 0. The van der Waals surface area contributed by atoms with Crippen molar-refractivity contribution in [2.45, 2.75) is 13.5 Å². The first kappa shape index (κ1) is 8.18. The van der Waals surface area contributed by atoms with Crippen LogP contribution in [-0.2, 0) is 6.54 Å². The largest absolute Gasteiger partial charge is 0.382 e. The number of rotatable bonds is 2. The van der Waals surface area contributed by atoms with Crippen LogP contribution in [0.4, 0.5) is 5.82 Å². The molecule has 0 radical (unpaired) electrons. The Hall–Kier alpha value is -1.43. The van der Waals surface area contributed by atoms with Gasteiger partial charge in [0.15, 0.2) is 0 Å². The highest BCUT2D eigenvalue weighted by atomic mass is 32.1. The number of anilines is 1. The van der Waals surface area contributed by atoms with E-state index in [2.05, 4.69) is 15.3 Å². The second-order valence-electron chi connectivity index (χ2n) is 2.65. The van der Waals surface area contributed by atoms with Gasteiger partial charge in [-0.1, -0.05) is 11.3 Å². The van der Waals surface area contributed by atoms with E-state index < -0.39 is 0 Å². The molecule has 68 valence electrons. The van der Waals surface area contributed by atoms with Gasteiger partial charge in [0.25, 0.3) is 0 Å². The molecule has 13 heavy (non-hydrogen) atoms. The molecule has 2 N–H and O–H groups in total. The molecule has 0 amide bonds. The van der Waals surface area contributed by atoms with E-state index in [-0.39, 0.29) is 0 Å². The van der Waals surface area contributed by atoms with E-state index in [9.17, 15) is 0 Å². The molecule has 0 aliphatic rings. The molecule has 2 heterocycles. The lowest BCUT2D eigenvalue weighted by molar-refractivity contribution is 0.680. The molecule has 0 aliphatic carbocycles. The van der Waals surface area contributed by atoms with Crippen LogP contribution in [0.15, 0.2) is 12.3 Å². The van der Waals surface area contributed by atoms with Crippen molar-refractivity contribution < 1.29 is 0 Å². The Morgan fingerprint density at radius 3 is 2.92 bits per heavy atom. The van der Waals surface area contributed by atoms with E-state index >= 15 is 0 Å². The summed E-state index contributed by atoms with van der Waals surface area (Å²) in [5.41, 5.74) is 5.47. The number of nitrogen functional groups attached to an aromatic ring is 1. The summed E-state index contributed by atoms with van der Waals surface area (Å²) in [6.45, 7) is 2.57. The van der Waals surface area contributed by atoms with E-state index in [0.717, 1.165) is 10.0 Å². The molecule has 0 unspecified atom stereocenters. The van der Waals surface area contributed by atoms with Crippen LogP contribution in [0, 0.1) is 6.92 Å². The molecule has 2 aromatic heterocycles. The summed E-state index contributed by atoms with van der Waals surface area (Å²) >= 11 is 1.57. The van der Waals surface area contributed by atoms with Gasteiger partial charge in [-0.15, -0.1) is 10.2 Å². The Kier molecular flexibility index (Phi) is 1.97. The van der Waals surface area contributed by atoms with Crippen LogP contribution in [0.25, 0.3) is 0 Å². The maximum Gasteiger partial charge on any atom is 0.145 e. The summed E-state index contributed by atoms with van der Waals surface area (Å²) in [6.07, 6.45) is 1.83. The zero-order valence-electron chi connectivity index (χ0n) is 7.14. The van der Waals surface area contributed by atoms with E-state index in [1.165, 1.54) is 0 Å². The topological polar surface area (TPSA) is 69.6 Å². The van der Waals surface area contributed by atoms with E-state index in [4.69, 9.17) is 5.73 Å². The first-order chi connectivity index (χ1) is 6.24. The smallest absolute Gasteiger partial charge is 0.145 e. The minimum absolute atomic E-state index is 0.529. The van der Waals surface area contributed by atoms with Crippen molar-refractivity contribution in [2.24, 2.45) is 0 Å². The number of hydrogen-bond acceptors (Lipinski definition) is 5. The maximum atomic E-state index is 5.47. The first-order valence-electron chi connectivity index (χ1n) is 3.82. The molecule has 2 rings (SSSR count). The lowest BCUT2D eigenvalue weighted by Gasteiger charge is -1.94. The maximum absolute atomic E-state index is 5.47. The molecule has 0 saturated carbocycles. The average Bonchev–Trinajstić information content (AvgIpc) is 2.62. The summed E-state index contributed by atoms with van der Waals surface area (Å²) in [6, 6.07) is 1.76. The normalized spacial score (nSPS) is 10.5. The molecule has 0 fully saturated rings. The van der Waals surface area contributed by atoms with Gasteiger partial charge in [0.1, 0.15) is 15.8 Å². The molecule has 5 nitrogen and oxygen atoms in total. The lowest BCUT2D eigenvalue weighted by Crippen LogP contribution is -2.00. The SMILES string of the molecule is Cc1nnc(Cn2ccc(N)n2)s1. The van der Waals surface area contributed by atoms with Crippen LogP contribution in [0.2, 0.25) is 0 Å². The molecule has 0 atom stereocenters. The van der Waals surface area contributed by atoms with E-state index in [1.54, 1.807) is 22.1 Å². The molecule has 6 heteroatoms. The number of nitrogens with two attached hydrogens (primary N) is 1. The predicted molar refractivity (Wildman–Crippen MR) is 50.4 cm³/mol. The molecule has 0 aromatic carbocycles. The van der Waals surface area contributed by atoms with Crippen molar-refractivity contribution in [3.8, 4) is 0 Å². The van der Waals surface area contributed by atoms with Gasteiger partial charge < -0.3 is 5.73 Å². The number of nitrogens with zero attached hydrogens (tertiary/aromatic N) is 4. The van der Waals surface area contributed by atoms with Crippen molar-refractivity contribution in [3.63, 3.8) is 0 Å². The van der Waals surface area contributed by atoms with Gasteiger partial charge in [0, 0.05) is 6.20 Å². The highest BCUT2D eigenvalue weighted by Gasteiger charge is 2.01. The molecular weight excluding hydrogens is 186 g/mol. The van der Waals surface area contributed by atoms with Crippen molar-refractivity contribution in [1.29, 1.82) is 0 Å². The van der Waals surface area contributed by atoms with Gasteiger partial charge in [-0.25, -0.2) is 0 Å². The van der Waals surface area contributed by atoms with Gasteiger partial charge in [0.2, 0.25) is 0 Å². The summed E-state index contributed by atoms with van der Waals surface area (Å²) < 4.78 is 1.75. The fourth-order valence-electron chi connectivity index (χ4n) is 1.01. The fourth-order valence-corrected chi connectivity index (χ4v) is 1.71. The standard InChI is InChI=1S/C7H9N5S/c1-5-9-10-7(13-5)4-12-3-2-6(8)11-12/h2-3H,4H2,1H3,(H2,8,11). The van der Waals surface area contributed by atoms with Crippen molar-refractivity contribution in [2.75, 3.05) is 5.73 Å². The van der Waals surface area contributed by atoms with Gasteiger partial charge in [-0.3, -0.25) is 4.68 Å². The Morgan fingerprint density at radius 2 is 2.38 bits per heavy atom. The Balaban J connectivity index is 2.14. The summed E-state index contributed by atoms with van der Waals surface area (Å²) in [5, 5.41) is 13.9. The molecule has 0 saturated heterocycles. The van der Waals surface area contributed by atoms with Crippen LogP contribution >= 0.6 is 11.3 Å². The molecular formula is C7H9N5S.